The largest absolute Gasteiger partial charge is 0.487 e. The Hall–Kier alpha value is -1.49. The Kier molecular flexibility index (Phi) is 5.68. The van der Waals surface area contributed by atoms with Gasteiger partial charge < -0.3 is 10.1 Å². The molecule has 124 valence electrons. The van der Waals surface area contributed by atoms with E-state index in [9.17, 15) is 13.2 Å². The molecule has 5 heteroatoms. The molecule has 0 fully saturated rings. The fourth-order valence-corrected chi connectivity index (χ4v) is 2.21. The van der Waals surface area contributed by atoms with E-state index in [2.05, 4.69) is 6.58 Å². The van der Waals surface area contributed by atoms with Gasteiger partial charge in [0.15, 0.2) is 0 Å². The van der Waals surface area contributed by atoms with E-state index in [1.54, 1.807) is 0 Å². The second kappa shape index (κ2) is 6.73. The zero-order chi connectivity index (χ0) is 17.1. The first kappa shape index (κ1) is 18.6. The van der Waals surface area contributed by atoms with Crippen molar-refractivity contribution < 1.29 is 23.2 Å². The fraction of sp³-hybridized carbons (Fsp3) is 0.529. The van der Waals surface area contributed by atoms with Crippen LogP contribution in [0.5, 0.6) is 0 Å². The third-order valence-corrected chi connectivity index (χ3v) is 3.96. The van der Waals surface area contributed by atoms with Crippen molar-refractivity contribution in [3.05, 3.63) is 41.0 Å². The number of rotatable bonds is 6. The average molecular weight is 316 g/mol. The van der Waals surface area contributed by atoms with E-state index in [0.717, 1.165) is 6.07 Å². The lowest BCUT2D eigenvalue weighted by atomic mass is 9.94. The molecule has 1 aromatic carbocycles. The topological polar surface area (TPSA) is 25.8 Å². The summed E-state index contributed by atoms with van der Waals surface area (Å²) in [6.07, 6.45) is -3.84. The van der Waals surface area contributed by atoms with Gasteiger partial charge in [-0.25, -0.2) is 0 Å². The average Bonchev–Trinajstić information content (AvgIpc) is 2.43. The minimum atomic E-state index is -4.34. The van der Waals surface area contributed by atoms with Crippen LogP contribution in [-0.4, -0.2) is 19.2 Å². The lowest BCUT2D eigenvalue weighted by Crippen LogP contribution is -2.93. The summed E-state index contributed by atoms with van der Waals surface area (Å²) in [4.78, 5) is 0. The molecule has 0 saturated heterocycles. The molecule has 0 spiro atoms. The monoisotopic (exact) mass is 316 g/mol. The predicted octanol–water partition coefficient (Wildman–Crippen LogP) is 3.54. The second-order valence-electron chi connectivity index (χ2n) is 6.10. The summed E-state index contributed by atoms with van der Waals surface area (Å²) in [5.41, 5.74) is 0.829. The van der Waals surface area contributed by atoms with Crippen LogP contribution in [0.1, 0.15) is 43.0 Å². The van der Waals surface area contributed by atoms with E-state index in [0.29, 0.717) is 29.9 Å². The molecule has 0 heterocycles. The van der Waals surface area contributed by atoms with Gasteiger partial charge in [0.1, 0.15) is 17.9 Å². The van der Waals surface area contributed by atoms with Gasteiger partial charge in [0.2, 0.25) is 0 Å². The van der Waals surface area contributed by atoms with Gasteiger partial charge in [-0.3, -0.25) is 0 Å². The summed E-state index contributed by atoms with van der Waals surface area (Å²) in [5.74, 6) is 0.420. The van der Waals surface area contributed by atoms with Crippen molar-refractivity contribution in [3.63, 3.8) is 0 Å². The van der Waals surface area contributed by atoms with Gasteiger partial charge in [-0.05, 0) is 44.4 Å². The molecule has 1 aromatic rings. The molecule has 1 rings (SSSR count). The maximum atomic E-state index is 13.0. The molecule has 0 saturated carbocycles. The van der Waals surface area contributed by atoms with Crippen LogP contribution in [0.4, 0.5) is 13.2 Å². The van der Waals surface area contributed by atoms with E-state index in [1.807, 2.05) is 33.1 Å². The molecule has 22 heavy (non-hydrogen) atoms. The third kappa shape index (κ3) is 4.26. The van der Waals surface area contributed by atoms with Crippen LogP contribution in [-0.2, 0) is 17.3 Å². The molecule has 2 nitrogen and oxygen atoms in total. The smallest absolute Gasteiger partial charge is 0.416 e. The maximum Gasteiger partial charge on any atom is 0.416 e. The van der Waals surface area contributed by atoms with Crippen LogP contribution >= 0.6 is 0 Å². The highest BCUT2D eigenvalue weighted by Crippen LogP contribution is 2.35. The normalized spacial score (nSPS) is 12.4. The van der Waals surface area contributed by atoms with E-state index >= 15 is 0 Å². The number of hydrogen-bond acceptors (Lipinski definition) is 1. The minimum Gasteiger partial charge on any atom is -0.487 e. The number of halogens is 3. The van der Waals surface area contributed by atoms with Crippen LogP contribution in [0, 0.1) is 6.92 Å². The molecule has 2 N–H and O–H groups in total. The van der Waals surface area contributed by atoms with Gasteiger partial charge in [-0.1, -0.05) is 19.6 Å². The SMILES string of the molecule is C=C(OCC(C)(C)[NH2+]C)c1ccc(C(F)(F)F)c(C)c1CC. The van der Waals surface area contributed by atoms with Crippen LogP contribution in [0.25, 0.3) is 5.76 Å². The summed E-state index contributed by atoms with van der Waals surface area (Å²) in [7, 11) is 1.95. The van der Waals surface area contributed by atoms with Gasteiger partial charge in [0.25, 0.3) is 0 Å². The molecule has 0 radical (unpaired) electrons. The number of ether oxygens (including phenoxy) is 1. The first-order chi connectivity index (χ1) is 10.0. The molecule has 0 atom stereocenters. The molecule has 0 aliphatic rings. The van der Waals surface area contributed by atoms with Crippen molar-refractivity contribution in [2.45, 2.75) is 45.8 Å². The molecule has 0 unspecified atom stereocenters. The maximum absolute atomic E-state index is 13.0. The Balaban J connectivity index is 3.11. The summed E-state index contributed by atoms with van der Waals surface area (Å²) in [6.45, 7) is 11.7. The molecular formula is C17H25F3NO+. The lowest BCUT2D eigenvalue weighted by Gasteiger charge is -2.23. The highest BCUT2D eigenvalue weighted by atomic mass is 19.4. The predicted molar refractivity (Wildman–Crippen MR) is 82.5 cm³/mol. The second-order valence-corrected chi connectivity index (χ2v) is 6.10. The van der Waals surface area contributed by atoms with Gasteiger partial charge in [0, 0.05) is 5.56 Å². The van der Waals surface area contributed by atoms with E-state index in [4.69, 9.17) is 4.74 Å². The third-order valence-electron chi connectivity index (χ3n) is 3.96. The number of alkyl halides is 3. The summed E-state index contributed by atoms with van der Waals surface area (Å²) in [5, 5.41) is 2.03. The van der Waals surface area contributed by atoms with Gasteiger partial charge in [-0.15, -0.1) is 0 Å². The van der Waals surface area contributed by atoms with Crippen molar-refractivity contribution >= 4 is 5.76 Å². The van der Waals surface area contributed by atoms with E-state index in [-0.39, 0.29) is 11.1 Å². The van der Waals surface area contributed by atoms with Crippen molar-refractivity contribution in [2.24, 2.45) is 0 Å². The Bertz CT molecular complexity index is 548. The number of quaternary nitrogens is 1. The highest BCUT2D eigenvalue weighted by Gasteiger charge is 2.33. The van der Waals surface area contributed by atoms with Crippen LogP contribution < -0.4 is 5.32 Å². The van der Waals surface area contributed by atoms with Crippen molar-refractivity contribution in [2.75, 3.05) is 13.7 Å². The van der Waals surface area contributed by atoms with Gasteiger partial charge in [0.05, 0.1) is 12.6 Å². The first-order valence-electron chi connectivity index (χ1n) is 7.35. The Morgan fingerprint density at radius 3 is 2.32 bits per heavy atom. The van der Waals surface area contributed by atoms with Crippen LogP contribution in [0.15, 0.2) is 18.7 Å². The van der Waals surface area contributed by atoms with Crippen LogP contribution in [0.2, 0.25) is 0 Å². The van der Waals surface area contributed by atoms with Gasteiger partial charge in [-0.2, -0.15) is 13.2 Å². The zero-order valence-corrected chi connectivity index (χ0v) is 13.9. The number of nitrogens with two attached hydrogens (primary N) is 1. The number of likely N-dealkylation sites (N-methyl/N-ethyl adjacent to an activating group) is 1. The standard InChI is InChI=1S/C17H24F3NO/c1-7-13-11(2)15(17(18,19)20)9-8-14(13)12(3)22-10-16(4,5)21-6/h8-9,21H,3,7,10H2,1-2,4-6H3/p+1. The Morgan fingerprint density at radius 1 is 1.27 bits per heavy atom. The summed E-state index contributed by atoms with van der Waals surface area (Å²) < 4.78 is 44.7. The number of hydrogen-bond donors (Lipinski definition) is 1. The van der Waals surface area contributed by atoms with E-state index in [1.165, 1.54) is 13.0 Å². The summed E-state index contributed by atoms with van der Waals surface area (Å²) >= 11 is 0. The fourth-order valence-electron chi connectivity index (χ4n) is 2.21. The highest BCUT2D eigenvalue weighted by molar-refractivity contribution is 5.64. The Morgan fingerprint density at radius 2 is 1.86 bits per heavy atom. The van der Waals surface area contributed by atoms with Crippen molar-refractivity contribution in [1.29, 1.82) is 0 Å². The zero-order valence-electron chi connectivity index (χ0n) is 13.9. The van der Waals surface area contributed by atoms with Crippen molar-refractivity contribution in [3.8, 4) is 0 Å². The molecule has 0 amide bonds. The quantitative estimate of drug-likeness (QED) is 0.798. The Labute approximate surface area is 130 Å². The molecular weight excluding hydrogens is 291 g/mol. The van der Waals surface area contributed by atoms with Crippen LogP contribution in [0.3, 0.4) is 0 Å². The van der Waals surface area contributed by atoms with E-state index < -0.39 is 11.7 Å². The molecule has 0 bridgehead atoms. The molecule has 0 aliphatic carbocycles. The summed E-state index contributed by atoms with van der Waals surface area (Å²) in [6, 6.07) is 2.56. The number of benzene rings is 1. The lowest BCUT2D eigenvalue weighted by molar-refractivity contribution is -0.697. The molecule has 0 aromatic heterocycles. The molecule has 0 aliphatic heterocycles. The first-order valence-corrected chi connectivity index (χ1v) is 7.35. The van der Waals surface area contributed by atoms with Crippen molar-refractivity contribution in [1.82, 2.24) is 0 Å². The van der Waals surface area contributed by atoms with Gasteiger partial charge >= 0.3 is 6.18 Å². The minimum absolute atomic E-state index is 0.115.